The summed E-state index contributed by atoms with van der Waals surface area (Å²) in [6.07, 6.45) is 7.14. The summed E-state index contributed by atoms with van der Waals surface area (Å²) in [5.74, 6) is 0.875. The van der Waals surface area contributed by atoms with Crippen LogP contribution in [-0.2, 0) is 6.42 Å². The third kappa shape index (κ3) is 2.07. The number of hydrogen-bond donors (Lipinski definition) is 0. The van der Waals surface area contributed by atoms with Crippen molar-refractivity contribution in [3.63, 3.8) is 0 Å². The van der Waals surface area contributed by atoms with Crippen LogP contribution in [0.1, 0.15) is 24.3 Å². The van der Waals surface area contributed by atoms with E-state index in [2.05, 4.69) is 26.3 Å². The van der Waals surface area contributed by atoms with Gasteiger partial charge in [0.25, 0.3) is 0 Å². The van der Waals surface area contributed by atoms with Crippen molar-refractivity contribution < 1.29 is 0 Å². The van der Waals surface area contributed by atoms with Crippen LogP contribution in [0.5, 0.6) is 0 Å². The van der Waals surface area contributed by atoms with Gasteiger partial charge in [-0.15, -0.1) is 11.3 Å². The third-order valence-corrected chi connectivity index (χ3v) is 4.06. The summed E-state index contributed by atoms with van der Waals surface area (Å²) in [5, 5.41) is 3.37. The molecule has 1 aliphatic carbocycles. The number of nitrogens with zero attached hydrogens (tertiary/aromatic N) is 1. The molecule has 12 heavy (non-hydrogen) atoms. The van der Waals surface area contributed by atoms with Crippen LogP contribution in [0.4, 0.5) is 0 Å². The van der Waals surface area contributed by atoms with Gasteiger partial charge in [-0.1, -0.05) is 15.9 Å². The Morgan fingerprint density at radius 1 is 1.58 bits per heavy atom. The average molecular weight is 246 g/mol. The lowest BCUT2D eigenvalue weighted by atomic mass is 10.1. The van der Waals surface area contributed by atoms with Gasteiger partial charge >= 0.3 is 0 Å². The van der Waals surface area contributed by atoms with Gasteiger partial charge in [0.2, 0.25) is 0 Å². The molecule has 1 heterocycles. The van der Waals surface area contributed by atoms with Gasteiger partial charge in [0, 0.05) is 22.8 Å². The minimum atomic E-state index is 0.766. The lowest BCUT2D eigenvalue weighted by Crippen LogP contribution is -1.99. The molecule has 0 spiro atoms. The van der Waals surface area contributed by atoms with Gasteiger partial charge in [-0.25, -0.2) is 4.98 Å². The van der Waals surface area contributed by atoms with Gasteiger partial charge in [-0.05, 0) is 25.2 Å². The van der Waals surface area contributed by atoms with Gasteiger partial charge in [-0.2, -0.15) is 0 Å². The van der Waals surface area contributed by atoms with Crippen molar-refractivity contribution in [1.82, 2.24) is 4.98 Å². The number of rotatable bonds is 2. The highest BCUT2D eigenvalue weighted by atomic mass is 79.9. The fourth-order valence-electron chi connectivity index (χ4n) is 1.80. The van der Waals surface area contributed by atoms with Gasteiger partial charge in [0.1, 0.15) is 0 Å². The molecule has 1 fully saturated rings. The molecule has 2 unspecified atom stereocenters. The second-order valence-electron chi connectivity index (χ2n) is 3.41. The summed E-state index contributed by atoms with van der Waals surface area (Å²) in [7, 11) is 0. The molecule has 0 bridgehead atoms. The predicted molar refractivity (Wildman–Crippen MR) is 55.9 cm³/mol. The van der Waals surface area contributed by atoms with Crippen LogP contribution in [0.25, 0.3) is 0 Å². The van der Waals surface area contributed by atoms with E-state index in [1.165, 1.54) is 30.7 Å². The summed E-state index contributed by atoms with van der Waals surface area (Å²) < 4.78 is 0. The van der Waals surface area contributed by atoms with Crippen molar-refractivity contribution in [3.8, 4) is 0 Å². The molecule has 2 atom stereocenters. The average Bonchev–Trinajstić information content (AvgIpc) is 2.63. The summed E-state index contributed by atoms with van der Waals surface area (Å²) in [6, 6.07) is 0. The Balaban J connectivity index is 1.88. The van der Waals surface area contributed by atoms with Crippen molar-refractivity contribution in [2.45, 2.75) is 30.5 Å². The number of hydrogen-bond acceptors (Lipinski definition) is 2. The Morgan fingerprint density at radius 3 is 3.08 bits per heavy atom. The topological polar surface area (TPSA) is 12.9 Å². The first-order valence-corrected chi connectivity index (χ1v) is 6.16. The first-order chi connectivity index (χ1) is 5.84. The quantitative estimate of drug-likeness (QED) is 0.730. The van der Waals surface area contributed by atoms with E-state index in [0.717, 1.165) is 10.7 Å². The fraction of sp³-hybridized carbons (Fsp3) is 0.667. The molecule has 0 radical (unpaired) electrons. The SMILES string of the molecule is BrC1CCC(Cc2nccs2)C1. The number of aromatic nitrogens is 1. The zero-order chi connectivity index (χ0) is 8.39. The van der Waals surface area contributed by atoms with Gasteiger partial charge in [0.15, 0.2) is 0 Å². The molecule has 1 nitrogen and oxygen atoms in total. The minimum Gasteiger partial charge on any atom is -0.250 e. The molecule has 1 aromatic rings. The second-order valence-corrected chi connectivity index (χ2v) is 5.68. The van der Waals surface area contributed by atoms with E-state index in [9.17, 15) is 0 Å². The standard InChI is InChI=1S/C9H12BrNS/c10-8-2-1-7(5-8)6-9-11-3-4-12-9/h3-4,7-8H,1-2,5-6H2. The third-order valence-electron chi connectivity index (χ3n) is 2.42. The maximum absolute atomic E-state index is 4.31. The molecule has 1 aromatic heterocycles. The Hall–Kier alpha value is 0.110. The van der Waals surface area contributed by atoms with Crippen LogP contribution in [0, 0.1) is 5.92 Å². The molecule has 0 aliphatic heterocycles. The maximum Gasteiger partial charge on any atom is 0.0927 e. The van der Waals surface area contributed by atoms with Crippen LogP contribution in [0.3, 0.4) is 0 Å². The first kappa shape index (κ1) is 8.70. The monoisotopic (exact) mass is 245 g/mol. The van der Waals surface area contributed by atoms with Crippen molar-refractivity contribution >= 4 is 27.3 Å². The highest BCUT2D eigenvalue weighted by Crippen LogP contribution is 2.33. The Kier molecular flexibility index (Phi) is 2.81. The van der Waals surface area contributed by atoms with E-state index in [4.69, 9.17) is 0 Å². The van der Waals surface area contributed by atoms with E-state index in [1.54, 1.807) is 11.3 Å². The van der Waals surface area contributed by atoms with Crippen LogP contribution < -0.4 is 0 Å². The molecule has 1 aliphatic rings. The maximum atomic E-state index is 4.31. The minimum absolute atomic E-state index is 0.766. The van der Waals surface area contributed by atoms with Crippen molar-refractivity contribution in [2.24, 2.45) is 5.92 Å². The predicted octanol–water partition coefficient (Wildman–Crippen LogP) is 3.25. The van der Waals surface area contributed by atoms with Crippen LogP contribution in [0.15, 0.2) is 11.6 Å². The molecule has 0 saturated heterocycles. The van der Waals surface area contributed by atoms with Gasteiger partial charge < -0.3 is 0 Å². The van der Waals surface area contributed by atoms with Crippen LogP contribution >= 0.6 is 27.3 Å². The number of thiazole rings is 1. The normalized spacial score (nSPS) is 29.4. The van der Waals surface area contributed by atoms with Crippen molar-refractivity contribution in [1.29, 1.82) is 0 Å². The Bertz CT molecular complexity index is 235. The molecule has 66 valence electrons. The van der Waals surface area contributed by atoms with Gasteiger partial charge in [0.05, 0.1) is 5.01 Å². The Labute approximate surface area is 85.3 Å². The molecule has 3 heteroatoms. The number of halogens is 1. The lowest BCUT2D eigenvalue weighted by molar-refractivity contribution is 0.547. The summed E-state index contributed by atoms with van der Waals surface area (Å²) in [5.41, 5.74) is 0. The van der Waals surface area contributed by atoms with E-state index in [0.29, 0.717) is 0 Å². The molecular formula is C9H12BrNS. The van der Waals surface area contributed by atoms with Gasteiger partial charge in [-0.3, -0.25) is 0 Å². The molecule has 0 amide bonds. The van der Waals surface area contributed by atoms with E-state index >= 15 is 0 Å². The van der Waals surface area contributed by atoms with Crippen molar-refractivity contribution in [2.75, 3.05) is 0 Å². The summed E-state index contributed by atoms with van der Waals surface area (Å²) in [6.45, 7) is 0. The zero-order valence-corrected chi connectivity index (χ0v) is 9.27. The molecule has 2 rings (SSSR count). The lowest BCUT2D eigenvalue weighted by Gasteiger charge is -2.04. The highest BCUT2D eigenvalue weighted by Gasteiger charge is 2.22. The summed E-state index contributed by atoms with van der Waals surface area (Å²) >= 11 is 5.45. The molecule has 0 aromatic carbocycles. The first-order valence-electron chi connectivity index (χ1n) is 4.37. The van der Waals surface area contributed by atoms with E-state index in [-0.39, 0.29) is 0 Å². The highest BCUT2D eigenvalue weighted by molar-refractivity contribution is 9.09. The van der Waals surface area contributed by atoms with E-state index in [1.807, 2.05) is 6.20 Å². The molecule has 0 N–H and O–H groups in total. The Morgan fingerprint density at radius 2 is 2.50 bits per heavy atom. The zero-order valence-electron chi connectivity index (χ0n) is 6.87. The van der Waals surface area contributed by atoms with Crippen molar-refractivity contribution in [3.05, 3.63) is 16.6 Å². The number of alkyl halides is 1. The van der Waals surface area contributed by atoms with E-state index < -0.39 is 0 Å². The molecule has 1 saturated carbocycles. The molecular weight excluding hydrogens is 234 g/mol. The summed E-state index contributed by atoms with van der Waals surface area (Å²) in [4.78, 5) is 5.07. The fourth-order valence-corrected chi connectivity index (χ4v) is 3.33. The second kappa shape index (κ2) is 3.88. The largest absolute Gasteiger partial charge is 0.250 e. The van der Waals surface area contributed by atoms with Crippen LogP contribution in [0.2, 0.25) is 0 Å². The smallest absolute Gasteiger partial charge is 0.0927 e. The van der Waals surface area contributed by atoms with Crippen LogP contribution in [-0.4, -0.2) is 9.81 Å².